The fourth-order valence-corrected chi connectivity index (χ4v) is 8.18. The average molecular weight is 982 g/mol. The van der Waals surface area contributed by atoms with Gasteiger partial charge in [-0.1, -0.05) is 60.4 Å². The summed E-state index contributed by atoms with van der Waals surface area (Å²) in [6.45, 7) is 18.5. The van der Waals surface area contributed by atoms with Gasteiger partial charge in [0.2, 0.25) is 5.91 Å². The lowest BCUT2D eigenvalue weighted by Gasteiger charge is -2.36. The molecule has 0 radical (unpaired) electrons. The molecule has 0 aromatic heterocycles. The minimum atomic E-state index is -1.35. The summed E-state index contributed by atoms with van der Waals surface area (Å²) in [6, 6.07) is 21.5. The first-order chi connectivity index (χ1) is 33.4. The first kappa shape index (κ1) is 55.4. The second kappa shape index (κ2) is 25.1. The summed E-state index contributed by atoms with van der Waals surface area (Å²) in [5.74, 6) is 3.30. The topological polar surface area (TPSA) is 203 Å². The van der Waals surface area contributed by atoms with Crippen molar-refractivity contribution in [3.63, 3.8) is 0 Å². The van der Waals surface area contributed by atoms with E-state index in [1.54, 1.807) is 65.8 Å². The number of carboxylic acids is 1. The molecule has 3 N–H and O–H groups in total. The van der Waals surface area contributed by atoms with E-state index < -0.39 is 58.9 Å². The van der Waals surface area contributed by atoms with Crippen molar-refractivity contribution < 1.29 is 57.6 Å². The van der Waals surface area contributed by atoms with Crippen LogP contribution in [0.25, 0.3) is 11.1 Å². The molecule has 3 aromatic rings. The lowest BCUT2D eigenvalue weighted by Crippen LogP contribution is -2.52. The molecule has 1 heterocycles. The molecule has 1 unspecified atom stereocenters. The number of fused-ring (bicyclic) bond motifs is 3. The molecule has 5 rings (SSSR count). The number of nitrogens with zero attached hydrogens (tertiary/aromatic N) is 3. The van der Waals surface area contributed by atoms with Crippen LogP contribution < -0.4 is 15.4 Å². The van der Waals surface area contributed by atoms with E-state index >= 15 is 0 Å². The van der Waals surface area contributed by atoms with Crippen LogP contribution in [0.4, 0.5) is 4.79 Å². The van der Waals surface area contributed by atoms with E-state index in [4.69, 9.17) is 23.7 Å². The Morgan fingerprint density at radius 3 is 1.61 bits per heavy atom. The molecule has 2 amide bonds. The number of carbonyl (C=O) groups is 6. The highest BCUT2D eigenvalue weighted by Gasteiger charge is 2.32. The maximum atomic E-state index is 13.2. The largest absolute Gasteiger partial charge is 0.488 e. The van der Waals surface area contributed by atoms with Gasteiger partial charge in [0.1, 0.15) is 41.3 Å². The molecule has 1 saturated heterocycles. The van der Waals surface area contributed by atoms with Crippen molar-refractivity contribution in [2.45, 2.75) is 110 Å². The number of hydrogen-bond donors (Lipinski definition) is 3. The maximum absolute atomic E-state index is 13.2. The fraction of sp³-hybridized carbons (Fsp3) is 0.519. The van der Waals surface area contributed by atoms with Crippen molar-refractivity contribution in [2.75, 3.05) is 72.1 Å². The van der Waals surface area contributed by atoms with E-state index in [0.717, 1.165) is 22.3 Å². The van der Waals surface area contributed by atoms with Gasteiger partial charge >= 0.3 is 30.0 Å². The Hall–Kier alpha value is -6.48. The molecule has 0 spiro atoms. The summed E-state index contributed by atoms with van der Waals surface area (Å²) in [5, 5.41) is 14.9. The Balaban J connectivity index is 1.16. The smallest absolute Gasteiger partial charge is 0.407 e. The molecule has 1 fully saturated rings. The second-order valence-corrected chi connectivity index (χ2v) is 20.7. The van der Waals surface area contributed by atoms with Crippen LogP contribution in [0.15, 0.2) is 72.8 Å². The van der Waals surface area contributed by atoms with E-state index in [9.17, 15) is 33.9 Å². The van der Waals surface area contributed by atoms with Crippen LogP contribution in [0.1, 0.15) is 97.8 Å². The van der Waals surface area contributed by atoms with Gasteiger partial charge in [0.25, 0.3) is 0 Å². The fourth-order valence-electron chi connectivity index (χ4n) is 8.18. The average Bonchev–Trinajstić information content (AvgIpc) is 3.58. The molecule has 1 aliphatic heterocycles. The van der Waals surface area contributed by atoms with Gasteiger partial charge < -0.3 is 39.4 Å². The molecule has 3 aromatic carbocycles. The van der Waals surface area contributed by atoms with Crippen LogP contribution >= 0.6 is 0 Å². The van der Waals surface area contributed by atoms with Crippen LogP contribution in [0.5, 0.6) is 5.75 Å². The van der Waals surface area contributed by atoms with Crippen LogP contribution in [-0.2, 0) is 42.9 Å². The third-order valence-electron chi connectivity index (χ3n) is 11.1. The quantitative estimate of drug-likeness (QED) is 0.0907. The highest BCUT2D eigenvalue weighted by Crippen LogP contribution is 2.44. The molecule has 0 bridgehead atoms. The number of hydrogen-bond acceptors (Lipinski definition) is 14. The number of carbonyl (C=O) groups excluding carboxylic acids is 5. The number of nitrogens with one attached hydrogen (secondary N) is 2. The van der Waals surface area contributed by atoms with E-state index in [0.29, 0.717) is 37.5 Å². The zero-order valence-corrected chi connectivity index (χ0v) is 42.6. The minimum Gasteiger partial charge on any atom is -0.488 e. The number of benzene rings is 3. The number of alkyl carbamates (subject to hydrolysis) is 1. The highest BCUT2D eigenvalue weighted by atomic mass is 16.6. The minimum absolute atomic E-state index is 0.00707. The molecular weight excluding hydrogens is 911 g/mol. The van der Waals surface area contributed by atoms with E-state index in [1.165, 1.54) is 0 Å². The highest BCUT2D eigenvalue weighted by molar-refractivity contribution is 5.82. The Morgan fingerprint density at radius 1 is 0.662 bits per heavy atom. The molecule has 0 saturated carbocycles. The first-order valence-corrected chi connectivity index (χ1v) is 24.1. The first-order valence-electron chi connectivity index (χ1n) is 24.1. The molecule has 71 heavy (non-hydrogen) atoms. The van der Waals surface area contributed by atoms with Crippen molar-refractivity contribution in [1.82, 2.24) is 25.3 Å². The second-order valence-electron chi connectivity index (χ2n) is 20.7. The number of rotatable bonds is 16. The standard InChI is InChI=1S/C54H71N5O12/c1-52(2,3)69-47(61)33-57-27-29-58(34-48(62)70-53(4,5)6)31-39(32-59(30-28-57)35-49(63)71-54(7,8)9)68-38-22-20-37(21-23-38)15-14-26-55-46(60)25-24-45(50(64)65)56-51(66)67-36-44-42-18-12-10-16-40(42)41-17-11-13-19-43(41)44/h10-13,16-23,39,44-45H,24-36H2,1-9H3,(H,55,60)(H,56,66)(H,64,65). The lowest BCUT2D eigenvalue weighted by atomic mass is 9.98. The Morgan fingerprint density at radius 2 is 1.13 bits per heavy atom. The number of esters is 3. The normalized spacial score (nSPS) is 15.7. The van der Waals surface area contributed by atoms with Crippen molar-refractivity contribution in [1.29, 1.82) is 0 Å². The van der Waals surface area contributed by atoms with E-state index in [1.807, 2.05) is 84.0 Å². The number of carboxylic acid groups (broad SMARTS) is 1. The summed E-state index contributed by atoms with van der Waals surface area (Å²) >= 11 is 0. The number of ether oxygens (including phenoxy) is 5. The zero-order chi connectivity index (χ0) is 51.9. The summed E-state index contributed by atoms with van der Waals surface area (Å²) in [4.78, 5) is 82.6. The molecule has 384 valence electrons. The lowest BCUT2D eigenvalue weighted by molar-refractivity contribution is -0.159. The maximum Gasteiger partial charge on any atom is 0.407 e. The summed E-state index contributed by atoms with van der Waals surface area (Å²) in [7, 11) is 0. The Kier molecular flexibility index (Phi) is 19.6. The number of aliphatic carboxylic acids is 1. The molecule has 1 atom stereocenters. The van der Waals surface area contributed by atoms with Crippen molar-refractivity contribution >= 4 is 35.9 Å². The van der Waals surface area contributed by atoms with Gasteiger partial charge in [-0.25, -0.2) is 9.59 Å². The molecule has 17 nitrogen and oxygen atoms in total. The van der Waals surface area contributed by atoms with Crippen LogP contribution in [0, 0.1) is 11.8 Å². The van der Waals surface area contributed by atoms with Crippen molar-refractivity contribution in [3.8, 4) is 28.7 Å². The van der Waals surface area contributed by atoms with E-state index in [2.05, 4.69) is 22.5 Å². The summed E-state index contributed by atoms with van der Waals surface area (Å²) < 4.78 is 29.0. The van der Waals surface area contributed by atoms with Gasteiger partial charge in [-0.2, -0.15) is 0 Å². The number of amides is 2. The van der Waals surface area contributed by atoms with Gasteiger partial charge in [0.05, 0.1) is 26.2 Å². The van der Waals surface area contributed by atoms with Gasteiger partial charge in [0.15, 0.2) is 0 Å². The van der Waals surface area contributed by atoms with Crippen molar-refractivity contribution in [2.24, 2.45) is 0 Å². The molecular formula is C54H71N5O12. The molecule has 17 heteroatoms. The summed E-state index contributed by atoms with van der Waals surface area (Å²) in [5.41, 5.74) is 2.76. The van der Waals surface area contributed by atoms with Crippen LogP contribution in [0.2, 0.25) is 0 Å². The van der Waals surface area contributed by atoms with Crippen molar-refractivity contribution in [3.05, 3.63) is 89.5 Å². The predicted molar refractivity (Wildman–Crippen MR) is 266 cm³/mol. The van der Waals surface area contributed by atoms with Crippen LogP contribution in [0.3, 0.4) is 0 Å². The monoisotopic (exact) mass is 982 g/mol. The molecule has 2 aliphatic rings. The third-order valence-corrected chi connectivity index (χ3v) is 11.1. The Labute approximate surface area is 417 Å². The van der Waals surface area contributed by atoms with Gasteiger partial charge in [-0.05, 0) is 115 Å². The van der Waals surface area contributed by atoms with Gasteiger partial charge in [-0.3, -0.25) is 33.9 Å². The van der Waals surface area contributed by atoms with E-state index in [-0.39, 0.29) is 70.6 Å². The predicted octanol–water partition coefficient (Wildman–Crippen LogP) is 5.62. The molecule has 1 aliphatic carbocycles. The summed E-state index contributed by atoms with van der Waals surface area (Å²) in [6.07, 6.45) is -1.75. The van der Waals surface area contributed by atoms with Crippen LogP contribution in [-0.4, -0.2) is 157 Å². The third kappa shape index (κ3) is 19.3. The Bertz CT molecular complexity index is 2300. The SMILES string of the molecule is CC(C)(C)OC(=O)CN1CCN(CC(=O)OC(C)(C)C)CC(Oc2ccc(C#CCNC(=O)CCC(NC(=O)OCC3c4ccccc4-c4ccccc43)C(=O)O)cc2)CN(CC(=O)OC(C)(C)C)CC1. The zero-order valence-electron chi connectivity index (χ0n) is 42.6. The van der Waals surface area contributed by atoms with Gasteiger partial charge in [0, 0.05) is 57.2 Å². The van der Waals surface area contributed by atoms with Gasteiger partial charge in [-0.15, -0.1) is 0 Å².